The zero-order chi connectivity index (χ0) is 79.2. The van der Waals surface area contributed by atoms with E-state index in [4.69, 9.17) is 0 Å². The standard InChI is InChI=1S/C29H17BrO.C29H19BrO.C27H17BrO.C23H15BrO/c30-24-9-3-8-23(17-24)29(31)22-7-2-6-21(16-22)25-14-12-20-11-10-18-4-1-5-19-13-15-26(25)28(20)27(18)19;30-28-13-5-12-27(19-28)29(31)26-11-4-10-24(18-26)22-8-3-9-23(17-22)25-15-14-20-6-1-2-7-21(20)16-25;28-22-8-5-7-21(16-22)27(29)19-14-12-18(13-15-19)26-17-20-6-1-2-9-23(20)24-10-3-4-11-25(24)26;24-20-8-3-7-19(15-20)23(25)18-13-11-17(12-14-18)22-10-4-6-16-5-1-2-9-21(16)22/h1-17H;1-19H;1-17H;1-15H. The maximum absolute atomic E-state index is 13.1. The molecule has 0 radical (unpaired) electrons. The third kappa shape index (κ3) is 16.3. The second kappa shape index (κ2) is 34.0. The molecule has 8 heteroatoms. The number of carbonyl (C=O) groups excluding carboxylic acids is 4. The molecular weight excluding hydrogens is 1680 g/mol. The van der Waals surface area contributed by atoms with Crippen LogP contribution < -0.4 is 0 Å². The van der Waals surface area contributed by atoms with Crippen molar-refractivity contribution in [2.24, 2.45) is 0 Å². The number of halogens is 4. The van der Waals surface area contributed by atoms with E-state index >= 15 is 0 Å². The molecule has 0 aliphatic heterocycles. The average Bonchev–Trinajstić information content (AvgIpc) is 0.764. The van der Waals surface area contributed by atoms with Gasteiger partial charge in [0.05, 0.1) is 0 Å². The van der Waals surface area contributed by atoms with Crippen LogP contribution in [0.1, 0.15) is 63.7 Å². The number of hydrogen-bond donors (Lipinski definition) is 0. The molecule has 20 rings (SSSR count). The van der Waals surface area contributed by atoms with Gasteiger partial charge >= 0.3 is 0 Å². The first-order chi connectivity index (χ1) is 56.8. The summed E-state index contributed by atoms with van der Waals surface area (Å²) in [6, 6.07) is 138. The van der Waals surface area contributed by atoms with Gasteiger partial charge in [0.2, 0.25) is 0 Å². The summed E-state index contributed by atoms with van der Waals surface area (Å²) in [4.78, 5) is 51.5. The Bertz CT molecular complexity index is 7150. The van der Waals surface area contributed by atoms with Crippen LogP contribution in [0, 0.1) is 0 Å². The normalized spacial score (nSPS) is 11.1. The molecule has 4 nitrogen and oxygen atoms in total. The molecule has 0 bridgehead atoms. The molecule has 552 valence electrons. The molecule has 0 aliphatic carbocycles. The molecule has 0 aliphatic rings. The maximum atomic E-state index is 13.1. The number of benzene rings is 20. The smallest absolute Gasteiger partial charge is 0.193 e. The summed E-state index contributed by atoms with van der Waals surface area (Å²) in [7, 11) is 0. The van der Waals surface area contributed by atoms with Crippen LogP contribution in [0.2, 0.25) is 0 Å². The summed E-state index contributed by atoms with van der Waals surface area (Å²) >= 11 is 13.8. The van der Waals surface area contributed by atoms with E-state index in [1.807, 2.05) is 188 Å². The van der Waals surface area contributed by atoms with Crippen molar-refractivity contribution in [3.8, 4) is 55.6 Å². The number of fused-ring (bicyclic) bond motifs is 5. The maximum Gasteiger partial charge on any atom is 0.193 e. The topological polar surface area (TPSA) is 68.3 Å². The summed E-state index contributed by atoms with van der Waals surface area (Å²) in [5.74, 6) is 0.113. The van der Waals surface area contributed by atoms with Crippen molar-refractivity contribution in [3.05, 3.63) is 475 Å². The predicted octanol–water partition coefficient (Wildman–Crippen LogP) is 30.6. The van der Waals surface area contributed by atoms with Crippen LogP contribution in [0.4, 0.5) is 0 Å². The molecule has 0 heterocycles. The average molecular weight is 1750 g/mol. The van der Waals surface area contributed by atoms with E-state index in [2.05, 4.69) is 288 Å². The molecule has 0 atom stereocenters. The molecule has 0 amide bonds. The molecule has 0 spiro atoms. The second-order valence-corrected chi connectivity index (χ2v) is 32.2. The van der Waals surface area contributed by atoms with Gasteiger partial charge in [-0.05, 0) is 210 Å². The highest BCUT2D eigenvalue weighted by Crippen LogP contribution is 2.41. The van der Waals surface area contributed by atoms with Crippen LogP contribution in [0.3, 0.4) is 0 Å². The fourth-order valence-electron chi connectivity index (χ4n) is 15.5. The highest BCUT2D eigenvalue weighted by atomic mass is 79.9. The lowest BCUT2D eigenvalue weighted by molar-refractivity contribution is 0.103. The van der Waals surface area contributed by atoms with Gasteiger partial charge in [-0.2, -0.15) is 0 Å². The summed E-state index contributed by atoms with van der Waals surface area (Å²) in [6.45, 7) is 0. The highest BCUT2D eigenvalue weighted by Gasteiger charge is 2.19. The summed E-state index contributed by atoms with van der Waals surface area (Å²) in [5.41, 5.74) is 16.8. The second-order valence-electron chi connectivity index (χ2n) is 28.5. The fourth-order valence-corrected chi connectivity index (χ4v) is 17.1. The van der Waals surface area contributed by atoms with Gasteiger partial charge in [-0.3, -0.25) is 19.2 Å². The van der Waals surface area contributed by atoms with Crippen LogP contribution >= 0.6 is 63.7 Å². The Morgan fingerprint density at radius 2 is 0.491 bits per heavy atom. The molecule has 0 saturated carbocycles. The number of hydrogen-bond acceptors (Lipinski definition) is 4. The summed E-state index contributed by atoms with van der Waals surface area (Å²) < 4.78 is 3.62. The molecule has 0 aromatic heterocycles. The first kappa shape index (κ1) is 75.7. The van der Waals surface area contributed by atoms with Crippen LogP contribution in [0.25, 0.3) is 131 Å². The van der Waals surface area contributed by atoms with E-state index in [0.717, 1.165) is 56.8 Å². The zero-order valence-corrected chi connectivity index (χ0v) is 68.7. The van der Waals surface area contributed by atoms with Gasteiger partial charge in [-0.25, -0.2) is 0 Å². The number of rotatable bonds is 13. The van der Waals surface area contributed by atoms with Crippen LogP contribution in [0.5, 0.6) is 0 Å². The van der Waals surface area contributed by atoms with E-state index in [1.54, 1.807) is 0 Å². The van der Waals surface area contributed by atoms with Crippen molar-refractivity contribution in [1.29, 1.82) is 0 Å². The highest BCUT2D eigenvalue weighted by molar-refractivity contribution is 9.11. The molecule has 116 heavy (non-hydrogen) atoms. The lowest BCUT2D eigenvalue weighted by Gasteiger charge is -2.14. The Labute approximate surface area is 705 Å². The van der Waals surface area contributed by atoms with Crippen molar-refractivity contribution in [2.75, 3.05) is 0 Å². The van der Waals surface area contributed by atoms with Gasteiger partial charge in [-0.1, -0.05) is 397 Å². The molecule has 0 N–H and O–H groups in total. The Kier molecular flexibility index (Phi) is 22.2. The molecule has 0 fully saturated rings. The van der Waals surface area contributed by atoms with E-state index in [-0.39, 0.29) is 23.1 Å². The minimum atomic E-state index is 0.0221. The van der Waals surface area contributed by atoms with Crippen molar-refractivity contribution in [1.82, 2.24) is 0 Å². The SMILES string of the molecule is O=C(c1ccc(-c2cc3ccccc3c3ccccc23)cc1)c1cccc(Br)c1.O=C(c1ccc(-c2cccc3ccccc23)cc1)c1cccc(Br)c1.O=C(c1cccc(Br)c1)c1cccc(-c2ccc3ccc4cccc5ccc2c3c45)c1.O=C(c1cccc(Br)c1)c1cccc(-c2cccc(-c3ccc4ccccc4c3)c2)c1. The molecule has 20 aromatic carbocycles. The molecule has 0 saturated heterocycles. The third-order valence-electron chi connectivity index (χ3n) is 21.2. The monoisotopic (exact) mass is 1740 g/mol. The Balaban J connectivity index is 0.000000112. The van der Waals surface area contributed by atoms with Crippen molar-refractivity contribution in [3.63, 3.8) is 0 Å². The van der Waals surface area contributed by atoms with Crippen LogP contribution in [-0.2, 0) is 0 Å². The van der Waals surface area contributed by atoms with Gasteiger partial charge in [0.25, 0.3) is 0 Å². The van der Waals surface area contributed by atoms with Gasteiger partial charge in [0.1, 0.15) is 0 Å². The van der Waals surface area contributed by atoms with E-state index < -0.39 is 0 Å². The first-order valence-electron chi connectivity index (χ1n) is 38.1. The van der Waals surface area contributed by atoms with E-state index in [0.29, 0.717) is 44.5 Å². The minimum absolute atomic E-state index is 0.0221. The van der Waals surface area contributed by atoms with Crippen molar-refractivity contribution < 1.29 is 19.2 Å². The lowest BCUT2D eigenvalue weighted by Crippen LogP contribution is -2.01. The van der Waals surface area contributed by atoms with Crippen LogP contribution in [-0.4, -0.2) is 23.1 Å². The summed E-state index contributed by atoms with van der Waals surface area (Å²) in [5, 5.41) is 17.4. The summed E-state index contributed by atoms with van der Waals surface area (Å²) in [6.07, 6.45) is 0. The molecule has 0 unspecified atom stereocenters. The molecule has 20 aromatic rings. The zero-order valence-electron chi connectivity index (χ0n) is 62.4. The number of ketones is 4. The molecular formula is C108H68Br4O4. The quantitative estimate of drug-likeness (QED) is 0.0852. The van der Waals surface area contributed by atoms with Gasteiger partial charge in [0.15, 0.2) is 23.1 Å². The number of carbonyl (C=O) groups is 4. The van der Waals surface area contributed by atoms with Crippen LogP contribution in [0.15, 0.2) is 430 Å². The predicted molar refractivity (Wildman–Crippen MR) is 497 cm³/mol. The van der Waals surface area contributed by atoms with Crippen molar-refractivity contribution >= 4 is 162 Å². The van der Waals surface area contributed by atoms with Gasteiger partial charge < -0.3 is 0 Å². The lowest BCUT2D eigenvalue weighted by atomic mass is 9.89. The van der Waals surface area contributed by atoms with Gasteiger partial charge in [0, 0.05) is 62.4 Å². The fraction of sp³-hybridized carbons (Fsp3) is 0. The Morgan fingerprint density at radius 1 is 0.155 bits per heavy atom. The van der Waals surface area contributed by atoms with Crippen molar-refractivity contribution in [2.45, 2.75) is 0 Å². The van der Waals surface area contributed by atoms with Gasteiger partial charge in [-0.15, -0.1) is 0 Å². The van der Waals surface area contributed by atoms with E-state index in [9.17, 15) is 19.2 Å². The third-order valence-corrected chi connectivity index (χ3v) is 23.2. The Morgan fingerprint density at radius 3 is 1.04 bits per heavy atom. The largest absolute Gasteiger partial charge is 0.289 e. The van der Waals surface area contributed by atoms with E-state index in [1.165, 1.54) is 92.1 Å². The minimum Gasteiger partial charge on any atom is -0.289 e. The Hall–Kier alpha value is -12.9. The first-order valence-corrected chi connectivity index (χ1v) is 41.2.